The summed E-state index contributed by atoms with van der Waals surface area (Å²) in [6.07, 6.45) is 1.65. The molecule has 0 saturated carbocycles. The minimum absolute atomic E-state index is 0.0106. The van der Waals surface area contributed by atoms with Gasteiger partial charge < -0.3 is 9.73 Å². The molecule has 0 unspecified atom stereocenters. The van der Waals surface area contributed by atoms with Crippen LogP contribution in [0.25, 0.3) is 0 Å². The van der Waals surface area contributed by atoms with E-state index in [-0.39, 0.29) is 23.0 Å². The maximum atomic E-state index is 13.3. The third-order valence-corrected chi connectivity index (χ3v) is 7.01. The Morgan fingerprint density at radius 2 is 2.00 bits per heavy atom. The van der Waals surface area contributed by atoms with Crippen molar-refractivity contribution >= 4 is 31.9 Å². The number of carbonyl (C=O) groups is 1. The predicted octanol–water partition coefficient (Wildman–Crippen LogP) is 3.20. The number of nitrogens with one attached hydrogen (secondary N) is 1. The SMILES string of the molecule is Cc1oc(C(=O)NCc2cc(F)ccc2Br)cc1S(=O)(=O)N1CCCC1. The molecule has 1 aromatic heterocycles. The fourth-order valence-electron chi connectivity index (χ4n) is 2.84. The van der Waals surface area contributed by atoms with Crippen molar-refractivity contribution in [2.75, 3.05) is 13.1 Å². The van der Waals surface area contributed by atoms with Crippen LogP contribution in [0.1, 0.15) is 34.7 Å². The summed E-state index contributed by atoms with van der Waals surface area (Å²) in [5, 5.41) is 2.61. The van der Waals surface area contributed by atoms with Gasteiger partial charge in [-0.1, -0.05) is 15.9 Å². The van der Waals surface area contributed by atoms with E-state index in [9.17, 15) is 17.6 Å². The first kappa shape index (κ1) is 19.1. The molecule has 1 N–H and O–H groups in total. The normalized spacial score (nSPS) is 15.3. The maximum Gasteiger partial charge on any atom is 0.287 e. The summed E-state index contributed by atoms with van der Waals surface area (Å²) in [5.41, 5.74) is 0.562. The van der Waals surface area contributed by atoms with Gasteiger partial charge in [-0.3, -0.25) is 4.79 Å². The Morgan fingerprint density at radius 3 is 2.69 bits per heavy atom. The van der Waals surface area contributed by atoms with Gasteiger partial charge in [-0.2, -0.15) is 4.31 Å². The second-order valence-corrected chi connectivity index (χ2v) is 8.82. The molecule has 0 bridgehead atoms. The monoisotopic (exact) mass is 444 g/mol. The third-order valence-electron chi connectivity index (χ3n) is 4.23. The summed E-state index contributed by atoms with van der Waals surface area (Å²) in [4.78, 5) is 12.3. The number of aryl methyl sites for hydroxylation is 1. The molecular weight excluding hydrogens is 427 g/mol. The third kappa shape index (κ3) is 3.84. The van der Waals surface area contributed by atoms with Crippen LogP contribution in [0.4, 0.5) is 4.39 Å². The van der Waals surface area contributed by atoms with Crippen LogP contribution in [-0.2, 0) is 16.6 Å². The van der Waals surface area contributed by atoms with Gasteiger partial charge in [-0.15, -0.1) is 0 Å². The molecule has 1 saturated heterocycles. The van der Waals surface area contributed by atoms with Gasteiger partial charge in [0.15, 0.2) is 5.76 Å². The Labute approximate surface area is 159 Å². The van der Waals surface area contributed by atoms with E-state index in [2.05, 4.69) is 21.2 Å². The van der Waals surface area contributed by atoms with Crippen LogP contribution < -0.4 is 5.32 Å². The number of amides is 1. The fraction of sp³-hybridized carbons (Fsp3) is 0.353. The van der Waals surface area contributed by atoms with Crippen molar-refractivity contribution in [3.8, 4) is 0 Å². The molecule has 6 nitrogen and oxygen atoms in total. The molecule has 2 aromatic rings. The topological polar surface area (TPSA) is 79.6 Å². The molecule has 3 rings (SSSR count). The molecule has 1 aliphatic heterocycles. The van der Waals surface area contributed by atoms with Crippen LogP contribution in [0.2, 0.25) is 0 Å². The number of hydrogen-bond acceptors (Lipinski definition) is 4. The van der Waals surface area contributed by atoms with Crippen molar-refractivity contribution in [1.82, 2.24) is 9.62 Å². The van der Waals surface area contributed by atoms with E-state index >= 15 is 0 Å². The van der Waals surface area contributed by atoms with E-state index in [1.165, 1.54) is 29.4 Å². The van der Waals surface area contributed by atoms with Crippen molar-refractivity contribution < 1.29 is 22.0 Å². The minimum atomic E-state index is -3.66. The number of rotatable bonds is 5. The summed E-state index contributed by atoms with van der Waals surface area (Å²) in [6, 6.07) is 5.41. The molecule has 0 spiro atoms. The van der Waals surface area contributed by atoms with Gasteiger partial charge in [0, 0.05) is 30.2 Å². The summed E-state index contributed by atoms with van der Waals surface area (Å²) in [6.45, 7) is 2.54. The number of nitrogens with zero attached hydrogens (tertiary/aromatic N) is 1. The molecule has 9 heteroatoms. The van der Waals surface area contributed by atoms with E-state index in [0.717, 1.165) is 12.8 Å². The molecule has 0 radical (unpaired) electrons. The van der Waals surface area contributed by atoms with Crippen molar-refractivity contribution in [2.24, 2.45) is 0 Å². The number of hydrogen-bond donors (Lipinski definition) is 1. The maximum absolute atomic E-state index is 13.3. The number of halogens is 2. The summed E-state index contributed by atoms with van der Waals surface area (Å²) in [5.74, 6) is -0.890. The lowest BCUT2D eigenvalue weighted by atomic mass is 10.2. The molecule has 1 aliphatic rings. The van der Waals surface area contributed by atoms with Crippen molar-refractivity contribution in [3.05, 3.63) is 51.6 Å². The van der Waals surface area contributed by atoms with E-state index in [1.54, 1.807) is 6.07 Å². The van der Waals surface area contributed by atoms with Gasteiger partial charge >= 0.3 is 0 Å². The Morgan fingerprint density at radius 1 is 1.31 bits per heavy atom. The van der Waals surface area contributed by atoms with Crippen LogP contribution in [-0.4, -0.2) is 31.7 Å². The first-order chi connectivity index (χ1) is 12.3. The van der Waals surface area contributed by atoms with Gasteiger partial charge in [-0.25, -0.2) is 12.8 Å². The zero-order chi connectivity index (χ0) is 18.9. The van der Waals surface area contributed by atoms with Gasteiger partial charge in [0.05, 0.1) is 0 Å². The molecule has 140 valence electrons. The highest BCUT2D eigenvalue weighted by atomic mass is 79.9. The number of carbonyl (C=O) groups excluding carboxylic acids is 1. The predicted molar refractivity (Wildman–Crippen MR) is 96.7 cm³/mol. The van der Waals surface area contributed by atoms with Crippen LogP contribution in [0.15, 0.2) is 38.1 Å². The Kier molecular flexibility index (Phi) is 5.50. The molecule has 26 heavy (non-hydrogen) atoms. The van der Waals surface area contributed by atoms with Crippen molar-refractivity contribution in [2.45, 2.75) is 31.2 Å². The molecule has 1 aromatic carbocycles. The van der Waals surface area contributed by atoms with Crippen molar-refractivity contribution in [1.29, 1.82) is 0 Å². The van der Waals surface area contributed by atoms with Crippen LogP contribution in [0.5, 0.6) is 0 Å². The largest absolute Gasteiger partial charge is 0.455 e. The zero-order valence-electron chi connectivity index (χ0n) is 14.1. The smallest absolute Gasteiger partial charge is 0.287 e. The Balaban J connectivity index is 1.76. The quantitative estimate of drug-likeness (QED) is 0.767. The summed E-state index contributed by atoms with van der Waals surface area (Å²) < 4.78 is 46.0. The lowest BCUT2D eigenvalue weighted by Crippen LogP contribution is -2.28. The van der Waals surface area contributed by atoms with Gasteiger partial charge in [0.25, 0.3) is 5.91 Å². The van der Waals surface area contributed by atoms with E-state index in [1.807, 2.05) is 0 Å². The lowest BCUT2D eigenvalue weighted by molar-refractivity contribution is 0.0921. The highest BCUT2D eigenvalue weighted by Crippen LogP contribution is 2.26. The summed E-state index contributed by atoms with van der Waals surface area (Å²) in [7, 11) is -3.66. The molecule has 1 fully saturated rings. The second kappa shape index (κ2) is 7.50. The van der Waals surface area contributed by atoms with Crippen LogP contribution in [0, 0.1) is 12.7 Å². The molecular formula is C17H18BrFN2O4S. The van der Waals surface area contributed by atoms with E-state index < -0.39 is 21.7 Å². The molecule has 2 heterocycles. The van der Waals surface area contributed by atoms with Crippen LogP contribution in [0.3, 0.4) is 0 Å². The zero-order valence-corrected chi connectivity index (χ0v) is 16.5. The van der Waals surface area contributed by atoms with Gasteiger partial charge in [-0.05, 0) is 43.5 Å². The highest BCUT2D eigenvalue weighted by Gasteiger charge is 2.31. The standard InChI is InChI=1S/C17H18BrFN2O4S/c1-11-16(26(23,24)21-6-2-3-7-21)9-15(25-11)17(22)20-10-12-8-13(19)4-5-14(12)18/h4-5,8-9H,2-3,6-7,10H2,1H3,(H,20,22). The highest BCUT2D eigenvalue weighted by molar-refractivity contribution is 9.10. The average Bonchev–Trinajstić information content (AvgIpc) is 3.25. The lowest BCUT2D eigenvalue weighted by Gasteiger charge is -2.14. The Hall–Kier alpha value is -1.71. The summed E-state index contributed by atoms with van der Waals surface area (Å²) >= 11 is 3.29. The molecule has 0 atom stereocenters. The number of benzene rings is 1. The van der Waals surface area contributed by atoms with E-state index in [4.69, 9.17) is 4.42 Å². The first-order valence-electron chi connectivity index (χ1n) is 8.12. The number of sulfonamides is 1. The van der Waals surface area contributed by atoms with Gasteiger partial charge in [0.2, 0.25) is 10.0 Å². The molecule has 1 amide bonds. The van der Waals surface area contributed by atoms with Crippen LogP contribution >= 0.6 is 15.9 Å². The number of furan rings is 1. The van der Waals surface area contributed by atoms with E-state index in [0.29, 0.717) is 23.1 Å². The fourth-order valence-corrected chi connectivity index (χ4v) is 4.91. The first-order valence-corrected chi connectivity index (χ1v) is 10.3. The average molecular weight is 445 g/mol. The van der Waals surface area contributed by atoms with Gasteiger partial charge in [0.1, 0.15) is 16.5 Å². The minimum Gasteiger partial charge on any atom is -0.455 e. The second-order valence-electron chi connectivity index (χ2n) is 6.06. The van der Waals surface area contributed by atoms with Crippen molar-refractivity contribution in [3.63, 3.8) is 0 Å². The molecule has 0 aliphatic carbocycles. The Bertz CT molecular complexity index is 936.